The highest BCUT2D eigenvalue weighted by Gasteiger charge is 2.24. The van der Waals surface area contributed by atoms with Gasteiger partial charge in [-0.3, -0.25) is 9.59 Å². The summed E-state index contributed by atoms with van der Waals surface area (Å²) >= 11 is 5.96. The lowest BCUT2D eigenvalue weighted by Crippen LogP contribution is -2.43. The Morgan fingerprint density at radius 1 is 1.12 bits per heavy atom. The third kappa shape index (κ3) is 4.88. The minimum atomic E-state index is -0.437. The highest BCUT2D eigenvalue weighted by molar-refractivity contribution is 6.30. The number of halogens is 1. The lowest BCUT2D eigenvalue weighted by molar-refractivity contribution is -0.133. The van der Waals surface area contributed by atoms with Crippen LogP contribution in [0.4, 0.5) is 0 Å². The predicted molar refractivity (Wildman–Crippen MR) is 100 cm³/mol. The fraction of sp³-hybridized carbons (Fsp3) is 0.400. The number of nitrogens with zero attached hydrogens (tertiary/aromatic N) is 1. The van der Waals surface area contributed by atoms with Crippen LogP contribution in [0.1, 0.15) is 36.5 Å². The van der Waals surface area contributed by atoms with Crippen LogP contribution < -0.4 is 5.32 Å². The van der Waals surface area contributed by atoms with Crippen molar-refractivity contribution in [2.75, 3.05) is 19.6 Å². The molecule has 5 nitrogen and oxygen atoms in total. The standard InChI is InChI=1S/C20H23ClN2O3/c21-16-8-6-15(7-9-16)18(13-17-5-4-12-26-17)20(25)22-14-19(24)23-10-2-1-3-11-23/h4-9,12,18H,1-3,10-11,13-14H2,(H,22,25). The lowest BCUT2D eigenvalue weighted by Gasteiger charge is -2.27. The lowest BCUT2D eigenvalue weighted by atomic mass is 9.93. The van der Waals surface area contributed by atoms with E-state index in [1.54, 1.807) is 24.5 Å². The van der Waals surface area contributed by atoms with E-state index < -0.39 is 5.92 Å². The molecule has 0 radical (unpaired) electrons. The molecule has 0 bridgehead atoms. The van der Waals surface area contributed by atoms with E-state index in [1.165, 1.54) is 0 Å². The number of carbonyl (C=O) groups excluding carboxylic acids is 2. The van der Waals surface area contributed by atoms with Gasteiger partial charge in [-0.2, -0.15) is 0 Å². The Balaban J connectivity index is 1.66. The first-order valence-electron chi connectivity index (χ1n) is 8.97. The summed E-state index contributed by atoms with van der Waals surface area (Å²) in [5.41, 5.74) is 0.841. The SMILES string of the molecule is O=C(NCC(=O)N1CCCCC1)C(Cc1ccco1)c1ccc(Cl)cc1. The van der Waals surface area contributed by atoms with Gasteiger partial charge in [-0.1, -0.05) is 23.7 Å². The number of nitrogens with one attached hydrogen (secondary N) is 1. The average molecular weight is 375 g/mol. The van der Waals surface area contributed by atoms with Gasteiger partial charge in [0.1, 0.15) is 5.76 Å². The summed E-state index contributed by atoms with van der Waals surface area (Å²) in [6.07, 6.45) is 5.25. The van der Waals surface area contributed by atoms with Crippen LogP contribution in [0.25, 0.3) is 0 Å². The van der Waals surface area contributed by atoms with Crippen LogP contribution in [0.3, 0.4) is 0 Å². The number of carbonyl (C=O) groups is 2. The van der Waals surface area contributed by atoms with Gasteiger partial charge in [-0.05, 0) is 49.1 Å². The molecule has 1 aromatic carbocycles. The van der Waals surface area contributed by atoms with Gasteiger partial charge in [-0.25, -0.2) is 0 Å². The Morgan fingerprint density at radius 3 is 2.50 bits per heavy atom. The van der Waals surface area contributed by atoms with E-state index in [2.05, 4.69) is 5.32 Å². The molecule has 1 unspecified atom stereocenters. The minimum Gasteiger partial charge on any atom is -0.469 e. The summed E-state index contributed by atoms with van der Waals surface area (Å²) < 4.78 is 5.40. The van der Waals surface area contributed by atoms with Crippen LogP contribution in [0.2, 0.25) is 5.02 Å². The quantitative estimate of drug-likeness (QED) is 0.843. The van der Waals surface area contributed by atoms with E-state index in [1.807, 2.05) is 23.1 Å². The molecule has 26 heavy (non-hydrogen) atoms. The molecule has 1 fully saturated rings. The molecule has 1 aliphatic heterocycles. The zero-order chi connectivity index (χ0) is 18.4. The molecule has 6 heteroatoms. The van der Waals surface area contributed by atoms with Crippen LogP contribution in [-0.2, 0) is 16.0 Å². The maximum absolute atomic E-state index is 12.8. The van der Waals surface area contributed by atoms with E-state index in [0.29, 0.717) is 11.4 Å². The third-order valence-corrected chi connectivity index (χ3v) is 4.95. The maximum Gasteiger partial charge on any atom is 0.241 e. The first-order valence-corrected chi connectivity index (χ1v) is 9.34. The first-order chi connectivity index (χ1) is 12.6. The molecule has 2 heterocycles. The van der Waals surface area contributed by atoms with Crippen LogP contribution in [-0.4, -0.2) is 36.3 Å². The van der Waals surface area contributed by atoms with E-state index in [-0.39, 0.29) is 18.4 Å². The molecule has 1 aromatic heterocycles. The molecule has 1 atom stereocenters. The van der Waals surface area contributed by atoms with Gasteiger partial charge in [-0.15, -0.1) is 0 Å². The van der Waals surface area contributed by atoms with Crippen LogP contribution in [0.5, 0.6) is 0 Å². The van der Waals surface area contributed by atoms with Crippen LogP contribution >= 0.6 is 11.6 Å². The summed E-state index contributed by atoms with van der Waals surface area (Å²) in [6.45, 7) is 1.59. The highest BCUT2D eigenvalue weighted by atomic mass is 35.5. The number of likely N-dealkylation sites (tertiary alicyclic amines) is 1. The zero-order valence-corrected chi connectivity index (χ0v) is 15.4. The van der Waals surface area contributed by atoms with Crippen molar-refractivity contribution in [3.63, 3.8) is 0 Å². The number of benzene rings is 1. The van der Waals surface area contributed by atoms with Crippen molar-refractivity contribution in [1.82, 2.24) is 10.2 Å². The third-order valence-electron chi connectivity index (χ3n) is 4.70. The number of piperidine rings is 1. The fourth-order valence-corrected chi connectivity index (χ4v) is 3.35. The summed E-state index contributed by atoms with van der Waals surface area (Å²) in [6, 6.07) is 10.8. The second-order valence-electron chi connectivity index (χ2n) is 6.55. The Hall–Kier alpha value is -2.27. The minimum absolute atomic E-state index is 0.0223. The Bertz CT molecular complexity index is 722. The molecule has 1 N–H and O–H groups in total. The molecule has 138 valence electrons. The molecule has 0 saturated carbocycles. The fourth-order valence-electron chi connectivity index (χ4n) is 3.23. The number of furan rings is 1. The number of amides is 2. The van der Waals surface area contributed by atoms with Gasteiger partial charge in [0.05, 0.1) is 18.7 Å². The molecule has 2 amide bonds. The molecule has 1 aliphatic rings. The monoisotopic (exact) mass is 374 g/mol. The molecule has 2 aromatic rings. The normalized spacial score (nSPS) is 15.5. The predicted octanol–water partition coefficient (Wildman–Crippen LogP) is 3.39. The van der Waals surface area contributed by atoms with Crippen molar-refractivity contribution in [1.29, 1.82) is 0 Å². The Labute approximate surface area is 158 Å². The van der Waals surface area contributed by atoms with Crippen LogP contribution in [0.15, 0.2) is 47.1 Å². The first kappa shape index (κ1) is 18.5. The van der Waals surface area contributed by atoms with E-state index in [9.17, 15) is 9.59 Å². The largest absolute Gasteiger partial charge is 0.469 e. The van der Waals surface area contributed by atoms with Crippen molar-refractivity contribution in [3.05, 3.63) is 59.0 Å². The van der Waals surface area contributed by atoms with Crippen molar-refractivity contribution < 1.29 is 14.0 Å². The smallest absolute Gasteiger partial charge is 0.241 e. The number of hydrogen-bond donors (Lipinski definition) is 1. The molecule has 0 spiro atoms. The molecule has 0 aliphatic carbocycles. The van der Waals surface area contributed by atoms with E-state index in [0.717, 1.165) is 43.7 Å². The van der Waals surface area contributed by atoms with Crippen molar-refractivity contribution in [2.24, 2.45) is 0 Å². The van der Waals surface area contributed by atoms with Gasteiger partial charge < -0.3 is 14.6 Å². The topological polar surface area (TPSA) is 62.6 Å². The maximum atomic E-state index is 12.8. The van der Waals surface area contributed by atoms with Gasteiger partial charge in [0, 0.05) is 24.5 Å². The van der Waals surface area contributed by atoms with E-state index >= 15 is 0 Å². The van der Waals surface area contributed by atoms with Gasteiger partial charge in [0.15, 0.2) is 0 Å². The van der Waals surface area contributed by atoms with Crippen LogP contribution in [0, 0.1) is 0 Å². The Morgan fingerprint density at radius 2 is 1.85 bits per heavy atom. The molecular weight excluding hydrogens is 352 g/mol. The van der Waals surface area contributed by atoms with Gasteiger partial charge in [0.25, 0.3) is 0 Å². The second kappa shape index (κ2) is 8.90. The molecule has 3 rings (SSSR count). The second-order valence-corrected chi connectivity index (χ2v) is 6.98. The van der Waals surface area contributed by atoms with Crippen molar-refractivity contribution >= 4 is 23.4 Å². The average Bonchev–Trinajstić information content (AvgIpc) is 3.19. The summed E-state index contributed by atoms with van der Waals surface area (Å²) in [4.78, 5) is 26.9. The Kier molecular flexibility index (Phi) is 6.34. The zero-order valence-electron chi connectivity index (χ0n) is 14.6. The van der Waals surface area contributed by atoms with Gasteiger partial charge >= 0.3 is 0 Å². The van der Waals surface area contributed by atoms with Gasteiger partial charge in [0.2, 0.25) is 11.8 Å². The summed E-state index contributed by atoms with van der Waals surface area (Å²) in [5, 5.41) is 3.42. The van der Waals surface area contributed by atoms with Crippen molar-refractivity contribution in [2.45, 2.75) is 31.6 Å². The molecular formula is C20H23ClN2O3. The molecule has 1 saturated heterocycles. The van der Waals surface area contributed by atoms with E-state index in [4.69, 9.17) is 16.0 Å². The number of rotatable bonds is 6. The summed E-state index contributed by atoms with van der Waals surface area (Å²) in [5.74, 6) is 0.0787. The summed E-state index contributed by atoms with van der Waals surface area (Å²) in [7, 11) is 0. The van der Waals surface area contributed by atoms with Crippen molar-refractivity contribution in [3.8, 4) is 0 Å². The number of hydrogen-bond acceptors (Lipinski definition) is 3. The highest BCUT2D eigenvalue weighted by Crippen LogP contribution is 2.23.